The third kappa shape index (κ3) is 3.30. The minimum absolute atomic E-state index is 0.0250. The number of aromatic nitrogens is 1. The first-order valence-corrected chi connectivity index (χ1v) is 6.82. The van der Waals surface area contributed by atoms with Crippen LogP contribution in [0.5, 0.6) is 11.6 Å². The SMILES string of the molecule is CC(C)(C)c1ccccc1Oc1cc(CO)c(Cl)cn1. The van der Waals surface area contributed by atoms with Crippen molar-refractivity contribution in [3.05, 3.63) is 52.7 Å². The van der Waals surface area contributed by atoms with Gasteiger partial charge in [0.25, 0.3) is 0 Å². The molecule has 0 unspecified atom stereocenters. The molecule has 4 heteroatoms. The van der Waals surface area contributed by atoms with Crippen molar-refractivity contribution in [2.45, 2.75) is 32.8 Å². The fourth-order valence-corrected chi connectivity index (χ4v) is 2.09. The summed E-state index contributed by atoms with van der Waals surface area (Å²) in [6, 6.07) is 9.52. The summed E-state index contributed by atoms with van der Waals surface area (Å²) in [7, 11) is 0. The van der Waals surface area contributed by atoms with Crippen LogP contribution in [-0.2, 0) is 12.0 Å². The van der Waals surface area contributed by atoms with E-state index < -0.39 is 0 Å². The molecule has 3 nitrogen and oxygen atoms in total. The van der Waals surface area contributed by atoms with E-state index >= 15 is 0 Å². The Morgan fingerprint density at radius 2 is 1.95 bits per heavy atom. The molecule has 0 aliphatic heterocycles. The van der Waals surface area contributed by atoms with Crippen molar-refractivity contribution in [1.29, 1.82) is 0 Å². The van der Waals surface area contributed by atoms with Crippen LogP contribution in [-0.4, -0.2) is 10.1 Å². The molecule has 0 aliphatic rings. The van der Waals surface area contributed by atoms with Gasteiger partial charge in [-0.1, -0.05) is 50.6 Å². The van der Waals surface area contributed by atoms with E-state index in [2.05, 4.69) is 25.8 Å². The third-order valence-electron chi connectivity index (χ3n) is 2.99. The topological polar surface area (TPSA) is 42.4 Å². The fourth-order valence-electron chi connectivity index (χ4n) is 1.92. The van der Waals surface area contributed by atoms with Gasteiger partial charge in [0.05, 0.1) is 11.6 Å². The molecule has 20 heavy (non-hydrogen) atoms. The third-order valence-corrected chi connectivity index (χ3v) is 3.33. The molecule has 0 atom stereocenters. The van der Waals surface area contributed by atoms with Crippen molar-refractivity contribution in [3.63, 3.8) is 0 Å². The second-order valence-corrected chi connectivity index (χ2v) is 6.03. The van der Waals surface area contributed by atoms with Gasteiger partial charge in [0.1, 0.15) is 5.75 Å². The summed E-state index contributed by atoms with van der Waals surface area (Å²) in [5.41, 5.74) is 1.68. The minimum Gasteiger partial charge on any atom is -0.439 e. The van der Waals surface area contributed by atoms with Crippen molar-refractivity contribution in [3.8, 4) is 11.6 Å². The molecule has 1 heterocycles. The van der Waals surface area contributed by atoms with E-state index in [-0.39, 0.29) is 12.0 Å². The number of nitrogens with zero attached hydrogens (tertiary/aromatic N) is 1. The monoisotopic (exact) mass is 291 g/mol. The van der Waals surface area contributed by atoms with E-state index in [0.717, 1.165) is 11.3 Å². The fraction of sp³-hybridized carbons (Fsp3) is 0.312. The van der Waals surface area contributed by atoms with E-state index in [1.165, 1.54) is 6.20 Å². The van der Waals surface area contributed by atoms with Crippen molar-refractivity contribution in [2.24, 2.45) is 0 Å². The molecule has 0 aliphatic carbocycles. The summed E-state index contributed by atoms with van der Waals surface area (Å²) < 4.78 is 5.85. The maximum Gasteiger partial charge on any atom is 0.219 e. The number of halogens is 1. The molecule has 1 aromatic heterocycles. The molecule has 1 N–H and O–H groups in total. The summed E-state index contributed by atoms with van der Waals surface area (Å²) in [5.74, 6) is 1.19. The largest absolute Gasteiger partial charge is 0.439 e. The number of hydrogen-bond donors (Lipinski definition) is 1. The Bertz CT molecular complexity index is 606. The van der Waals surface area contributed by atoms with Gasteiger partial charge < -0.3 is 9.84 Å². The van der Waals surface area contributed by atoms with Crippen molar-refractivity contribution in [1.82, 2.24) is 4.98 Å². The highest BCUT2D eigenvalue weighted by atomic mass is 35.5. The van der Waals surface area contributed by atoms with Gasteiger partial charge in [0.15, 0.2) is 0 Å². The van der Waals surface area contributed by atoms with E-state index in [1.807, 2.05) is 24.3 Å². The van der Waals surface area contributed by atoms with Gasteiger partial charge in [0.2, 0.25) is 5.88 Å². The first-order chi connectivity index (χ1) is 9.41. The Labute approximate surface area is 124 Å². The number of para-hydroxylation sites is 1. The van der Waals surface area contributed by atoms with Crippen molar-refractivity contribution < 1.29 is 9.84 Å². The molecule has 0 saturated carbocycles. The lowest BCUT2D eigenvalue weighted by Gasteiger charge is -2.22. The van der Waals surface area contributed by atoms with Gasteiger partial charge in [-0.05, 0) is 11.5 Å². The number of aliphatic hydroxyl groups is 1. The van der Waals surface area contributed by atoms with E-state index in [9.17, 15) is 5.11 Å². The van der Waals surface area contributed by atoms with Crippen molar-refractivity contribution in [2.75, 3.05) is 0 Å². The molecule has 0 radical (unpaired) electrons. The molecule has 0 amide bonds. The van der Waals surface area contributed by atoms with Crippen LogP contribution in [0.3, 0.4) is 0 Å². The maximum atomic E-state index is 9.23. The highest BCUT2D eigenvalue weighted by Gasteiger charge is 2.19. The first kappa shape index (κ1) is 14.8. The molecule has 2 rings (SSSR count). The van der Waals surface area contributed by atoms with E-state index in [1.54, 1.807) is 6.07 Å². The standard InChI is InChI=1S/C16H18ClNO2/c1-16(2,3)12-6-4-5-7-14(12)20-15-8-11(10-19)13(17)9-18-15/h4-9,19H,10H2,1-3H3. The normalized spacial score (nSPS) is 11.4. The maximum absolute atomic E-state index is 9.23. The zero-order valence-corrected chi connectivity index (χ0v) is 12.6. The van der Waals surface area contributed by atoms with Crippen LogP contribution < -0.4 is 4.74 Å². The van der Waals surface area contributed by atoms with Crippen LogP contribution in [0.1, 0.15) is 31.9 Å². The molecule has 2 aromatic rings. The van der Waals surface area contributed by atoms with Crippen LogP contribution >= 0.6 is 11.6 Å². The lowest BCUT2D eigenvalue weighted by Crippen LogP contribution is -2.12. The second-order valence-electron chi connectivity index (χ2n) is 5.62. The second kappa shape index (κ2) is 5.81. The van der Waals surface area contributed by atoms with Crippen LogP contribution in [0.4, 0.5) is 0 Å². The van der Waals surface area contributed by atoms with Crippen LogP contribution in [0.15, 0.2) is 36.5 Å². The molecule has 0 bridgehead atoms. The molecule has 0 spiro atoms. The van der Waals surface area contributed by atoms with Gasteiger partial charge in [-0.15, -0.1) is 0 Å². The van der Waals surface area contributed by atoms with Crippen molar-refractivity contribution >= 4 is 11.6 Å². The van der Waals surface area contributed by atoms with Crippen LogP contribution in [0, 0.1) is 0 Å². The molecular formula is C16H18ClNO2. The zero-order chi connectivity index (χ0) is 14.8. The summed E-state index contributed by atoms with van der Waals surface area (Å²) in [6.45, 7) is 6.25. The Balaban J connectivity index is 2.36. The number of pyridine rings is 1. The lowest BCUT2D eigenvalue weighted by atomic mass is 9.86. The van der Waals surface area contributed by atoms with Gasteiger partial charge in [-0.2, -0.15) is 0 Å². The number of hydrogen-bond acceptors (Lipinski definition) is 3. The Morgan fingerprint density at radius 3 is 2.60 bits per heavy atom. The molecule has 106 valence electrons. The van der Waals surface area contributed by atoms with Gasteiger partial charge >= 0.3 is 0 Å². The average Bonchev–Trinajstić information content (AvgIpc) is 2.40. The van der Waals surface area contributed by atoms with Crippen LogP contribution in [0.25, 0.3) is 0 Å². The molecule has 0 saturated heterocycles. The predicted molar refractivity (Wildman–Crippen MR) is 80.4 cm³/mol. The summed E-state index contributed by atoms with van der Waals surface area (Å²) in [6.07, 6.45) is 1.49. The van der Waals surface area contributed by atoms with Crippen LogP contribution in [0.2, 0.25) is 5.02 Å². The van der Waals surface area contributed by atoms with Gasteiger partial charge in [0, 0.05) is 23.4 Å². The Hall–Kier alpha value is -1.58. The number of benzene rings is 1. The Kier molecular flexibility index (Phi) is 4.31. The van der Waals surface area contributed by atoms with E-state index in [4.69, 9.17) is 16.3 Å². The number of ether oxygens (including phenoxy) is 1. The zero-order valence-electron chi connectivity index (χ0n) is 11.9. The highest BCUT2D eigenvalue weighted by molar-refractivity contribution is 6.31. The molecular weight excluding hydrogens is 274 g/mol. The molecule has 0 fully saturated rings. The quantitative estimate of drug-likeness (QED) is 0.916. The smallest absolute Gasteiger partial charge is 0.219 e. The minimum atomic E-state index is -0.140. The number of aliphatic hydroxyl groups excluding tert-OH is 1. The summed E-state index contributed by atoms with van der Waals surface area (Å²) in [5, 5.41) is 9.66. The summed E-state index contributed by atoms with van der Waals surface area (Å²) in [4.78, 5) is 4.14. The average molecular weight is 292 g/mol. The molecule has 1 aromatic carbocycles. The highest BCUT2D eigenvalue weighted by Crippen LogP contribution is 2.33. The van der Waals surface area contributed by atoms with Gasteiger partial charge in [-0.25, -0.2) is 4.98 Å². The summed E-state index contributed by atoms with van der Waals surface area (Å²) >= 11 is 5.93. The van der Waals surface area contributed by atoms with E-state index in [0.29, 0.717) is 16.5 Å². The predicted octanol–water partition coefficient (Wildman–Crippen LogP) is 4.32. The number of rotatable bonds is 3. The Morgan fingerprint density at radius 1 is 1.25 bits per heavy atom. The first-order valence-electron chi connectivity index (χ1n) is 6.44. The lowest BCUT2D eigenvalue weighted by molar-refractivity contribution is 0.281. The van der Waals surface area contributed by atoms with Gasteiger partial charge in [-0.3, -0.25) is 0 Å².